The molecule has 0 heterocycles. The molecule has 4 nitrogen and oxygen atoms in total. The number of amides is 2. The Kier molecular flexibility index (Phi) is 8.41. The number of benzene rings is 2. The van der Waals surface area contributed by atoms with Gasteiger partial charge in [0.15, 0.2) is 0 Å². The van der Waals surface area contributed by atoms with E-state index in [1.165, 1.54) is 34.9 Å². The summed E-state index contributed by atoms with van der Waals surface area (Å²) in [5, 5.41) is 2.89. The fourth-order valence-corrected chi connectivity index (χ4v) is 3.69. The SMILES string of the molecule is C[C@@H](C(=O)NC(C)(C)C)N(Cc1ccc(F)cc1)C(=O)CSCc1ccccc1F. The van der Waals surface area contributed by atoms with Crippen LogP contribution in [0.3, 0.4) is 0 Å². The minimum absolute atomic E-state index is 0.0999. The van der Waals surface area contributed by atoms with Crippen molar-refractivity contribution in [2.75, 3.05) is 5.75 Å². The number of carbonyl (C=O) groups excluding carboxylic acids is 2. The molecule has 0 aliphatic carbocycles. The predicted molar refractivity (Wildman–Crippen MR) is 117 cm³/mol. The molecule has 2 aromatic carbocycles. The lowest BCUT2D eigenvalue weighted by atomic mass is 10.1. The molecule has 2 amide bonds. The van der Waals surface area contributed by atoms with Crippen LogP contribution in [-0.2, 0) is 21.9 Å². The first-order valence-electron chi connectivity index (χ1n) is 9.74. The number of carbonyl (C=O) groups is 2. The molecule has 1 atom stereocenters. The third-order valence-corrected chi connectivity index (χ3v) is 5.34. The maximum atomic E-state index is 13.8. The van der Waals surface area contributed by atoms with E-state index in [9.17, 15) is 18.4 Å². The summed E-state index contributed by atoms with van der Waals surface area (Å²) in [6, 6.07) is 11.6. The van der Waals surface area contributed by atoms with Gasteiger partial charge >= 0.3 is 0 Å². The summed E-state index contributed by atoms with van der Waals surface area (Å²) in [7, 11) is 0. The molecule has 30 heavy (non-hydrogen) atoms. The van der Waals surface area contributed by atoms with Crippen LogP contribution in [0.25, 0.3) is 0 Å². The molecular formula is C23H28F2N2O2S. The van der Waals surface area contributed by atoms with Crippen LogP contribution < -0.4 is 5.32 Å². The molecular weight excluding hydrogens is 406 g/mol. The molecule has 0 bridgehead atoms. The summed E-state index contributed by atoms with van der Waals surface area (Å²) in [6.07, 6.45) is 0. The topological polar surface area (TPSA) is 49.4 Å². The van der Waals surface area contributed by atoms with Crippen molar-refractivity contribution in [2.24, 2.45) is 0 Å². The lowest BCUT2D eigenvalue weighted by molar-refractivity contribution is -0.139. The average molecular weight is 435 g/mol. The van der Waals surface area contributed by atoms with Crippen LogP contribution in [0.2, 0.25) is 0 Å². The van der Waals surface area contributed by atoms with Crippen LogP contribution in [0.15, 0.2) is 48.5 Å². The summed E-state index contributed by atoms with van der Waals surface area (Å²) >= 11 is 1.29. The highest BCUT2D eigenvalue weighted by atomic mass is 32.2. The highest BCUT2D eigenvalue weighted by Crippen LogP contribution is 2.18. The number of hydrogen-bond donors (Lipinski definition) is 1. The van der Waals surface area contributed by atoms with E-state index < -0.39 is 11.6 Å². The van der Waals surface area contributed by atoms with Gasteiger partial charge in [0.1, 0.15) is 17.7 Å². The molecule has 0 spiro atoms. The zero-order valence-electron chi connectivity index (χ0n) is 17.7. The molecule has 0 aliphatic heterocycles. The van der Waals surface area contributed by atoms with Gasteiger partial charge in [0, 0.05) is 17.8 Å². The average Bonchev–Trinajstić information content (AvgIpc) is 2.67. The molecule has 0 saturated carbocycles. The minimum Gasteiger partial charge on any atom is -0.350 e. The quantitative estimate of drug-likeness (QED) is 0.664. The highest BCUT2D eigenvalue weighted by Gasteiger charge is 2.28. The second-order valence-electron chi connectivity index (χ2n) is 8.15. The van der Waals surface area contributed by atoms with Crippen molar-refractivity contribution in [3.63, 3.8) is 0 Å². The summed E-state index contributed by atoms with van der Waals surface area (Å²) in [5.74, 6) is -0.725. The van der Waals surface area contributed by atoms with E-state index in [1.807, 2.05) is 20.8 Å². The molecule has 7 heteroatoms. The zero-order valence-corrected chi connectivity index (χ0v) is 18.6. The van der Waals surface area contributed by atoms with Crippen molar-refractivity contribution >= 4 is 23.6 Å². The fraction of sp³-hybridized carbons (Fsp3) is 0.391. The van der Waals surface area contributed by atoms with Gasteiger partial charge in [-0.15, -0.1) is 11.8 Å². The molecule has 2 aromatic rings. The molecule has 0 unspecified atom stereocenters. The van der Waals surface area contributed by atoms with E-state index in [1.54, 1.807) is 37.3 Å². The Morgan fingerprint density at radius 3 is 2.30 bits per heavy atom. The lowest BCUT2D eigenvalue weighted by Crippen LogP contribution is -2.52. The Morgan fingerprint density at radius 2 is 1.70 bits per heavy atom. The number of nitrogens with zero attached hydrogens (tertiary/aromatic N) is 1. The number of nitrogens with one attached hydrogen (secondary N) is 1. The molecule has 0 fully saturated rings. The van der Waals surface area contributed by atoms with Gasteiger partial charge in [0.05, 0.1) is 5.75 Å². The first kappa shape index (κ1) is 23.9. The smallest absolute Gasteiger partial charge is 0.242 e. The number of hydrogen-bond acceptors (Lipinski definition) is 3. The molecule has 1 N–H and O–H groups in total. The Labute approximate surface area is 181 Å². The summed E-state index contributed by atoms with van der Waals surface area (Å²) in [6.45, 7) is 7.46. The Balaban J connectivity index is 2.10. The highest BCUT2D eigenvalue weighted by molar-refractivity contribution is 7.99. The normalized spacial score (nSPS) is 12.3. The van der Waals surface area contributed by atoms with Crippen LogP contribution in [0.4, 0.5) is 8.78 Å². The van der Waals surface area contributed by atoms with Gasteiger partial charge in [-0.05, 0) is 57.0 Å². The van der Waals surface area contributed by atoms with Gasteiger partial charge < -0.3 is 10.2 Å². The second-order valence-corrected chi connectivity index (χ2v) is 9.13. The van der Waals surface area contributed by atoms with Crippen LogP contribution in [0.1, 0.15) is 38.8 Å². The van der Waals surface area contributed by atoms with Gasteiger partial charge in [-0.25, -0.2) is 8.78 Å². The fourth-order valence-electron chi connectivity index (χ4n) is 2.79. The summed E-state index contributed by atoms with van der Waals surface area (Å²) in [5.41, 5.74) is 0.813. The van der Waals surface area contributed by atoms with Crippen molar-refractivity contribution in [3.8, 4) is 0 Å². The Bertz CT molecular complexity index is 866. The van der Waals surface area contributed by atoms with Crippen molar-refractivity contribution in [1.82, 2.24) is 10.2 Å². The lowest BCUT2D eigenvalue weighted by Gasteiger charge is -2.31. The van der Waals surface area contributed by atoms with E-state index in [0.717, 1.165) is 5.56 Å². The van der Waals surface area contributed by atoms with Crippen LogP contribution in [0, 0.1) is 11.6 Å². The summed E-state index contributed by atoms with van der Waals surface area (Å²) < 4.78 is 27.0. The maximum Gasteiger partial charge on any atom is 0.242 e. The summed E-state index contributed by atoms with van der Waals surface area (Å²) in [4.78, 5) is 27.1. The van der Waals surface area contributed by atoms with Crippen molar-refractivity contribution in [2.45, 2.75) is 51.6 Å². The second kappa shape index (κ2) is 10.6. The molecule has 2 rings (SSSR count). The maximum absolute atomic E-state index is 13.8. The molecule has 0 aromatic heterocycles. The van der Waals surface area contributed by atoms with Crippen LogP contribution in [0.5, 0.6) is 0 Å². The van der Waals surface area contributed by atoms with E-state index in [-0.39, 0.29) is 35.7 Å². The van der Waals surface area contributed by atoms with Crippen LogP contribution in [-0.4, -0.2) is 34.0 Å². The zero-order chi connectivity index (χ0) is 22.3. The van der Waals surface area contributed by atoms with Gasteiger partial charge in [-0.2, -0.15) is 0 Å². The molecule has 0 saturated heterocycles. The first-order valence-corrected chi connectivity index (χ1v) is 10.9. The van der Waals surface area contributed by atoms with Gasteiger partial charge in [0.2, 0.25) is 11.8 Å². The first-order chi connectivity index (χ1) is 14.1. The number of halogens is 2. The van der Waals surface area contributed by atoms with E-state index in [0.29, 0.717) is 11.3 Å². The molecule has 162 valence electrons. The third-order valence-electron chi connectivity index (χ3n) is 4.37. The van der Waals surface area contributed by atoms with E-state index in [4.69, 9.17) is 0 Å². The van der Waals surface area contributed by atoms with Crippen molar-refractivity contribution in [1.29, 1.82) is 0 Å². The Hall–Kier alpha value is -2.41. The van der Waals surface area contributed by atoms with Gasteiger partial charge in [-0.3, -0.25) is 9.59 Å². The predicted octanol–water partition coefficient (Wildman–Crippen LogP) is 4.53. The molecule has 0 radical (unpaired) electrons. The number of rotatable bonds is 8. The van der Waals surface area contributed by atoms with Crippen molar-refractivity contribution < 1.29 is 18.4 Å². The largest absolute Gasteiger partial charge is 0.350 e. The Morgan fingerprint density at radius 1 is 1.07 bits per heavy atom. The standard InChI is InChI=1S/C23H28F2N2O2S/c1-16(22(29)26-23(2,3)4)27(13-17-9-11-19(24)12-10-17)21(28)15-30-14-18-7-5-6-8-20(18)25/h5-12,16H,13-15H2,1-4H3,(H,26,29)/t16-/m0/s1. The van der Waals surface area contributed by atoms with Gasteiger partial charge in [0.25, 0.3) is 0 Å². The van der Waals surface area contributed by atoms with Crippen LogP contribution >= 0.6 is 11.8 Å². The third kappa shape index (κ3) is 7.44. The van der Waals surface area contributed by atoms with E-state index >= 15 is 0 Å². The minimum atomic E-state index is -0.712. The molecule has 0 aliphatic rings. The monoisotopic (exact) mass is 434 g/mol. The number of thioether (sulfide) groups is 1. The van der Waals surface area contributed by atoms with Gasteiger partial charge in [-0.1, -0.05) is 30.3 Å². The van der Waals surface area contributed by atoms with Crippen molar-refractivity contribution in [3.05, 3.63) is 71.3 Å². The van der Waals surface area contributed by atoms with E-state index in [2.05, 4.69) is 5.32 Å².